The van der Waals surface area contributed by atoms with Crippen molar-refractivity contribution in [3.63, 3.8) is 0 Å². The molecule has 1 saturated heterocycles. The Kier molecular flexibility index (Phi) is 6.20. The summed E-state index contributed by atoms with van der Waals surface area (Å²) in [6.45, 7) is 1.93. The molecule has 2 bridgehead atoms. The van der Waals surface area contributed by atoms with Crippen LogP contribution in [0.5, 0.6) is 0 Å². The molecule has 1 fully saturated rings. The number of rotatable bonds is 1. The summed E-state index contributed by atoms with van der Waals surface area (Å²) >= 11 is 6.06. The van der Waals surface area contributed by atoms with Gasteiger partial charge in [0.05, 0.1) is 23.4 Å². The highest BCUT2D eigenvalue weighted by Gasteiger charge is 2.58. The summed E-state index contributed by atoms with van der Waals surface area (Å²) in [5, 5.41) is 38.1. The average molecular weight is 422 g/mol. The SMILES string of the molecule is CCO.CN1C2C=C3C(C#N)=C(N)C(C#N)(C#N)[C@@H](c4ccc(Cl)cc4)[C@@H]3C1CC2. The van der Waals surface area contributed by atoms with Crippen LogP contribution in [0.25, 0.3) is 0 Å². The van der Waals surface area contributed by atoms with Gasteiger partial charge in [0.25, 0.3) is 0 Å². The Morgan fingerprint density at radius 2 is 1.80 bits per heavy atom. The highest BCUT2D eigenvalue weighted by molar-refractivity contribution is 6.30. The number of likely N-dealkylation sites (N-methyl/N-ethyl adjacent to an activating group) is 1. The Bertz CT molecular complexity index is 994. The van der Waals surface area contributed by atoms with Crippen molar-refractivity contribution in [1.29, 1.82) is 15.8 Å². The van der Waals surface area contributed by atoms with E-state index in [0.29, 0.717) is 10.6 Å². The van der Waals surface area contributed by atoms with E-state index in [9.17, 15) is 15.8 Å². The summed E-state index contributed by atoms with van der Waals surface area (Å²) < 4.78 is 0. The minimum atomic E-state index is -1.59. The summed E-state index contributed by atoms with van der Waals surface area (Å²) in [5.74, 6) is -0.601. The van der Waals surface area contributed by atoms with Crippen molar-refractivity contribution >= 4 is 11.6 Å². The number of nitrogens with two attached hydrogens (primary N) is 1. The Morgan fingerprint density at radius 3 is 2.33 bits per heavy atom. The number of fused-ring (bicyclic) bond motifs is 4. The number of benzene rings is 1. The Labute approximate surface area is 182 Å². The zero-order chi connectivity index (χ0) is 22.1. The number of nitriles is 3. The monoisotopic (exact) mass is 421 g/mol. The number of hydrogen-bond donors (Lipinski definition) is 2. The van der Waals surface area contributed by atoms with Crippen LogP contribution in [-0.4, -0.2) is 35.7 Å². The first kappa shape index (κ1) is 21.9. The van der Waals surface area contributed by atoms with Gasteiger partial charge < -0.3 is 10.8 Å². The first-order chi connectivity index (χ1) is 14.4. The molecule has 7 heteroatoms. The Balaban J connectivity index is 0.000000806. The molecule has 3 N–H and O–H groups in total. The molecule has 2 unspecified atom stereocenters. The predicted octanol–water partition coefficient (Wildman–Crippen LogP) is 3.22. The van der Waals surface area contributed by atoms with E-state index >= 15 is 0 Å². The summed E-state index contributed by atoms with van der Waals surface area (Å²) in [4.78, 5) is 2.30. The number of halogens is 1. The molecule has 0 aromatic heterocycles. The molecule has 3 aliphatic rings. The summed E-state index contributed by atoms with van der Waals surface area (Å²) in [7, 11) is 2.07. The van der Waals surface area contributed by atoms with Gasteiger partial charge in [-0.15, -0.1) is 0 Å². The van der Waals surface area contributed by atoms with Crippen molar-refractivity contribution in [1.82, 2.24) is 4.90 Å². The van der Waals surface area contributed by atoms with Crippen LogP contribution < -0.4 is 5.73 Å². The van der Waals surface area contributed by atoms with Gasteiger partial charge in [0.2, 0.25) is 0 Å². The van der Waals surface area contributed by atoms with E-state index in [1.165, 1.54) is 0 Å². The topological polar surface area (TPSA) is 121 Å². The standard InChI is InChI=1S/C21H18ClN5.C2H6O/c1-27-14-6-7-17(27)18-15(8-14)16(9-23)20(26)21(10-24,11-25)19(18)12-2-4-13(22)5-3-12;1-2-3/h2-5,8,14,17-19H,6-7,26H2,1H3;3H,2H2,1H3/t14?,17?,18-,19-;/m0./s1. The second-order valence-electron chi connectivity index (χ2n) is 7.80. The van der Waals surface area contributed by atoms with E-state index in [1.54, 1.807) is 19.1 Å². The van der Waals surface area contributed by atoms with E-state index in [-0.39, 0.29) is 30.3 Å². The van der Waals surface area contributed by atoms with E-state index in [4.69, 9.17) is 22.4 Å². The number of allylic oxidation sites excluding steroid dienone is 2. The molecule has 2 aliphatic heterocycles. The maximum Gasteiger partial charge on any atom is 0.191 e. The van der Waals surface area contributed by atoms with Gasteiger partial charge >= 0.3 is 0 Å². The predicted molar refractivity (Wildman–Crippen MR) is 114 cm³/mol. The Hall–Kier alpha value is -2.82. The molecular weight excluding hydrogens is 398 g/mol. The zero-order valence-corrected chi connectivity index (χ0v) is 17.8. The van der Waals surface area contributed by atoms with Crippen molar-refractivity contribution in [2.45, 2.75) is 37.8 Å². The van der Waals surface area contributed by atoms with Crippen molar-refractivity contribution in [2.24, 2.45) is 17.1 Å². The summed E-state index contributed by atoms with van der Waals surface area (Å²) in [6, 6.07) is 14.2. The van der Waals surface area contributed by atoms with Gasteiger partial charge in [-0.3, -0.25) is 4.90 Å². The van der Waals surface area contributed by atoms with Crippen LogP contribution >= 0.6 is 11.6 Å². The molecule has 0 radical (unpaired) electrons. The highest BCUT2D eigenvalue weighted by atomic mass is 35.5. The molecular formula is C23H24ClN5O. The molecule has 6 nitrogen and oxygen atoms in total. The van der Waals surface area contributed by atoms with Gasteiger partial charge in [-0.25, -0.2) is 0 Å². The molecule has 1 aromatic carbocycles. The first-order valence-corrected chi connectivity index (χ1v) is 10.3. The quantitative estimate of drug-likeness (QED) is 0.717. The third kappa shape index (κ3) is 3.17. The second kappa shape index (κ2) is 8.50. The lowest BCUT2D eigenvalue weighted by molar-refractivity contribution is 0.160. The number of aliphatic hydroxyl groups is 1. The number of aliphatic hydroxyl groups excluding tert-OH is 1. The fourth-order valence-electron chi connectivity index (χ4n) is 5.13. The van der Waals surface area contributed by atoms with Crippen LogP contribution in [0.2, 0.25) is 5.02 Å². The third-order valence-electron chi connectivity index (χ3n) is 6.45. The van der Waals surface area contributed by atoms with Crippen LogP contribution in [-0.2, 0) is 0 Å². The van der Waals surface area contributed by atoms with E-state index in [2.05, 4.69) is 36.2 Å². The highest BCUT2D eigenvalue weighted by Crippen LogP contribution is 2.58. The summed E-state index contributed by atoms with van der Waals surface area (Å²) in [6.07, 6.45) is 4.07. The van der Waals surface area contributed by atoms with Gasteiger partial charge in [0.1, 0.15) is 6.07 Å². The third-order valence-corrected chi connectivity index (χ3v) is 6.70. The van der Waals surface area contributed by atoms with E-state index in [1.807, 2.05) is 12.1 Å². The minimum absolute atomic E-state index is 0.0707. The van der Waals surface area contributed by atoms with Crippen LogP contribution in [0.3, 0.4) is 0 Å². The molecule has 0 saturated carbocycles. The molecule has 30 heavy (non-hydrogen) atoms. The van der Waals surface area contributed by atoms with Gasteiger partial charge in [0, 0.05) is 35.5 Å². The van der Waals surface area contributed by atoms with E-state index in [0.717, 1.165) is 24.0 Å². The van der Waals surface area contributed by atoms with Crippen molar-refractivity contribution in [2.75, 3.05) is 13.7 Å². The molecule has 2 heterocycles. The lowest BCUT2D eigenvalue weighted by atomic mass is 9.56. The zero-order valence-electron chi connectivity index (χ0n) is 17.0. The van der Waals surface area contributed by atoms with Crippen molar-refractivity contribution in [3.05, 3.63) is 57.8 Å². The number of hydrogen-bond acceptors (Lipinski definition) is 6. The Morgan fingerprint density at radius 1 is 1.20 bits per heavy atom. The maximum absolute atomic E-state index is 10.1. The van der Waals surface area contributed by atoms with Crippen LogP contribution in [0.1, 0.15) is 31.2 Å². The van der Waals surface area contributed by atoms with Crippen molar-refractivity contribution < 1.29 is 5.11 Å². The average Bonchev–Trinajstić information content (AvgIpc) is 2.97. The molecule has 4 rings (SSSR count). The smallest absolute Gasteiger partial charge is 0.191 e. The molecule has 4 atom stereocenters. The van der Waals surface area contributed by atoms with Gasteiger partial charge in [-0.1, -0.05) is 29.8 Å². The van der Waals surface area contributed by atoms with Crippen LogP contribution in [0.15, 0.2) is 47.2 Å². The van der Waals surface area contributed by atoms with Crippen LogP contribution in [0.4, 0.5) is 0 Å². The fraction of sp³-hybridized carbons (Fsp3) is 0.435. The molecule has 0 spiro atoms. The lowest BCUT2D eigenvalue weighted by Gasteiger charge is -2.48. The first-order valence-electron chi connectivity index (χ1n) is 9.93. The molecule has 1 aromatic rings. The summed E-state index contributed by atoms with van der Waals surface area (Å²) in [5.41, 5.74) is 6.86. The molecule has 154 valence electrons. The number of nitrogens with zero attached hydrogens (tertiary/aromatic N) is 4. The van der Waals surface area contributed by atoms with Crippen LogP contribution in [0, 0.1) is 45.3 Å². The largest absolute Gasteiger partial charge is 0.399 e. The van der Waals surface area contributed by atoms with E-state index < -0.39 is 11.3 Å². The second-order valence-corrected chi connectivity index (χ2v) is 8.24. The molecule has 1 aliphatic carbocycles. The van der Waals surface area contributed by atoms with Crippen molar-refractivity contribution in [3.8, 4) is 18.2 Å². The lowest BCUT2D eigenvalue weighted by Crippen LogP contribution is -2.51. The fourth-order valence-corrected chi connectivity index (χ4v) is 5.26. The molecule has 0 amide bonds. The normalized spacial score (nSPS) is 28.8. The minimum Gasteiger partial charge on any atom is -0.399 e. The van der Waals surface area contributed by atoms with Gasteiger partial charge in [-0.2, -0.15) is 15.8 Å². The maximum atomic E-state index is 10.1. The van der Waals surface area contributed by atoms with Gasteiger partial charge in [0.15, 0.2) is 5.41 Å². The van der Waals surface area contributed by atoms with Gasteiger partial charge in [-0.05, 0) is 50.1 Å².